The zero-order valence-corrected chi connectivity index (χ0v) is 16.2. The molecule has 2 aromatic carbocycles. The van der Waals surface area contributed by atoms with Crippen LogP contribution in [0.4, 0.5) is 5.69 Å². The highest BCUT2D eigenvalue weighted by Gasteiger charge is 2.17. The van der Waals surface area contributed by atoms with Gasteiger partial charge in [-0.15, -0.1) is 0 Å². The average molecular weight is 383 g/mol. The van der Waals surface area contributed by atoms with Crippen LogP contribution in [0.15, 0.2) is 42.5 Å². The van der Waals surface area contributed by atoms with Crippen LogP contribution < -0.4 is 25.3 Å². The normalized spacial score (nSPS) is 11.7. The van der Waals surface area contributed by atoms with E-state index in [9.17, 15) is 0 Å². The first-order valence-electron chi connectivity index (χ1n) is 9.00. The molecule has 0 aliphatic rings. The molecule has 0 unspecified atom stereocenters. The van der Waals surface area contributed by atoms with Crippen LogP contribution in [-0.4, -0.2) is 36.0 Å². The number of aromatic amines is 1. The molecule has 0 spiro atoms. The Hall–Kier alpha value is -3.26. The smallest absolute Gasteiger partial charge is 0.171 e. The van der Waals surface area contributed by atoms with Gasteiger partial charge in [0.2, 0.25) is 0 Å². The molecule has 0 aliphatic carbocycles. The Balaban J connectivity index is 1.69. The van der Waals surface area contributed by atoms with E-state index in [1.54, 1.807) is 14.2 Å². The highest BCUT2D eigenvalue weighted by atomic mass is 16.5. The van der Waals surface area contributed by atoms with E-state index in [1.807, 2.05) is 49.4 Å². The standard InChI is InChI=1S/C20H25N5O3/c1-4-28-17-10-13(8-9-16(17)27-3)19(21)20-23-18(24-25-20)12-22-14-6-5-7-15(11-14)26-2/h5-11,19,22H,4,12,21H2,1-3H3,(H,23,24,25)/t19-/m0/s1. The predicted molar refractivity (Wildman–Crippen MR) is 107 cm³/mol. The molecular weight excluding hydrogens is 358 g/mol. The van der Waals surface area contributed by atoms with Crippen molar-refractivity contribution in [2.45, 2.75) is 19.5 Å². The van der Waals surface area contributed by atoms with Crippen molar-refractivity contribution in [3.05, 3.63) is 59.7 Å². The van der Waals surface area contributed by atoms with E-state index >= 15 is 0 Å². The molecule has 0 saturated heterocycles. The van der Waals surface area contributed by atoms with Gasteiger partial charge in [0.25, 0.3) is 0 Å². The third-order valence-corrected chi connectivity index (χ3v) is 4.20. The molecule has 0 radical (unpaired) electrons. The summed E-state index contributed by atoms with van der Waals surface area (Å²) in [6, 6.07) is 12.8. The van der Waals surface area contributed by atoms with E-state index in [0.29, 0.717) is 36.3 Å². The first-order chi connectivity index (χ1) is 13.6. The number of anilines is 1. The SMILES string of the molecule is CCOc1cc([C@H](N)c2n[nH]c(CNc3cccc(OC)c3)n2)ccc1OC. The topological polar surface area (TPSA) is 107 Å². The van der Waals surface area contributed by atoms with Crippen molar-refractivity contribution in [1.82, 2.24) is 15.2 Å². The van der Waals surface area contributed by atoms with Crippen LogP contribution in [0.3, 0.4) is 0 Å². The summed E-state index contributed by atoms with van der Waals surface area (Å²) in [6.07, 6.45) is 0. The minimum Gasteiger partial charge on any atom is -0.497 e. The highest BCUT2D eigenvalue weighted by molar-refractivity contribution is 5.48. The number of aromatic nitrogens is 3. The Kier molecular flexibility index (Phi) is 6.33. The second-order valence-electron chi connectivity index (χ2n) is 6.05. The summed E-state index contributed by atoms with van der Waals surface area (Å²) in [5.74, 6) is 3.29. The van der Waals surface area contributed by atoms with Crippen LogP contribution in [-0.2, 0) is 6.54 Å². The number of methoxy groups -OCH3 is 2. The van der Waals surface area contributed by atoms with Gasteiger partial charge >= 0.3 is 0 Å². The van der Waals surface area contributed by atoms with Crippen LogP contribution in [0.25, 0.3) is 0 Å². The molecule has 0 aliphatic heterocycles. The zero-order chi connectivity index (χ0) is 19.9. The maximum atomic E-state index is 6.35. The number of hydrogen-bond acceptors (Lipinski definition) is 7. The van der Waals surface area contributed by atoms with Gasteiger partial charge in [0.1, 0.15) is 11.6 Å². The molecule has 0 saturated carbocycles. The summed E-state index contributed by atoms with van der Waals surface area (Å²) >= 11 is 0. The molecule has 8 heteroatoms. The van der Waals surface area contributed by atoms with Gasteiger partial charge in [-0.3, -0.25) is 5.10 Å². The third kappa shape index (κ3) is 4.52. The Morgan fingerprint density at radius 2 is 1.96 bits per heavy atom. The molecule has 3 rings (SSSR count). The van der Waals surface area contributed by atoms with Crippen molar-refractivity contribution in [1.29, 1.82) is 0 Å². The van der Waals surface area contributed by atoms with Crippen molar-refractivity contribution >= 4 is 5.69 Å². The van der Waals surface area contributed by atoms with Gasteiger partial charge in [0, 0.05) is 11.8 Å². The van der Waals surface area contributed by atoms with Crippen LogP contribution in [0.1, 0.15) is 30.2 Å². The maximum absolute atomic E-state index is 6.35. The van der Waals surface area contributed by atoms with Gasteiger partial charge in [-0.25, -0.2) is 4.98 Å². The van der Waals surface area contributed by atoms with Gasteiger partial charge in [-0.1, -0.05) is 12.1 Å². The van der Waals surface area contributed by atoms with Gasteiger partial charge in [0.15, 0.2) is 17.3 Å². The largest absolute Gasteiger partial charge is 0.497 e. The van der Waals surface area contributed by atoms with Crippen LogP contribution in [0, 0.1) is 0 Å². The fourth-order valence-electron chi connectivity index (χ4n) is 2.75. The predicted octanol–water partition coefficient (Wildman–Crippen LogP) is 2.88. The van der Waals surface area contributed by atoms with Gasteiger partial charge < -0.3 is 25.3 Å². The van der Waals surface area contributed by atoms with Gasteiger partial charge in [0.05, 0.1) is 33.4 Å². The Bertz CT molecular complexity index is 912. The number of H-pyrrole nitrogens is 1. The Morgan fingerprint density at radius 1 is 1.11 bits per heavy atom. The summed E-state index contributed by atoms with van der Waals surface area (Å²) in [6.45, 7) is 2.94. The Morgan fingerprint density at radius 3 is 2.71 bits per heavy atom. The average Bonchev–Trinajstić information content (AvgIpc) is 3.21. The third-order valence-electron chi connectivity index (χ3n) is 4.20. The number of hydrogen-bond donors (Lipinski definition) is 3. The molecule has 1 atom stereocenters. The van der Waals surface area contributed by atoms with E-state index in [0.717, 1.165) is 17.0 Å². The summed E-state index contributed by atoms with van der Waals surface area (Å²) in [5, 5.41) is 10.5. The number of ether oxygens (including phenoxy) is 3. The van der Waals surface area contributed by atoms with Crippen molar-refractivity contribution in [2.75, 3.05) is 26.1 Å². The van der Waals surface area contributed by atoms with E-state index < -0.39 is 6.04 Å². The van der Waals surface area contributed by atoms with Crippen LogP contribution in [0.2, 0.25) is 0 Å². The lowest BCUT2D eigenvalue weighted by Gasteiger charge is -2.13. The number of nitrogens with two attached hydrogens (primary N) is 1. The number of rotatable bonds is 9. The summed E-state index contributed by atoms with van der Waals surface area (Å²) < 4.78 is 16.2. The fraction of sp³-hybridized carbons (Fsp3) is 0.300. The molecule has 8 nitrogen and oxygen atoms in total. The number of benzene rings is 2. The molecule has 1 aromatic heterocycles. The first kappa shape index (κ1) is 19.5. The highest BCUT2D eigenvalue weighted by Crippen LogP contribution is 2.31. The lowest BCUT2D eigenvalue weighted by atomic mass is 10.1. The lowest BCUT2D eigenvalue weighted by molar-refractivity contribution is 0.310. The molecule has 0 bridgehead atoms. The summed E-state index contributed by atoms with van der Waals surface area (Å²) in [7, 11) is 3.24. The molecule has 1 heterocycles. The van der Waals surface area contributed by atoms with E-state index in [2.05, 4.69) is 20.5 Å². The molecule has 4 N–H and O–H groups in total. The second kappa shape index (κ2) is 9.09. The zero-order valence-electron chi connectivity index (χ0n) is 16.2. The molecule has 28 heavy (non-hydrogen) atoms. The molecule has 3 aromatic rings. The second-order valence-corrected chi connectivity index (χ2v) is 6.05. The maximum Gasteiger partial charge on any atom is 0.171 e. The number of nitrogens with zero attached hydrogens (tertiary/aromatic N) is 2. The minimum atomic E-state index is -0.480. The number of nitrogens with one attached hydrogen (secondary N) is 2. The van der Waals surface area contributed by atoms with E-state index in [-0.39, 0.29) is 0 Å². The minimum absolute atomic E-state index is 0.480. The van der Waals surface area contributed by atoms with E-state index in [1.165, 1.54) is 0 Å². The van der Waals surface area contributed by atoms with Gasteiger partial charge in [-0.05, 0) is 36.8 Å². The van der Waals surface area contributed by atoms with Crippen LogP contribution >= 0.6 is 0 Å². The van der Waals surface area contributed by atoms with Crippen molar-refractivity contribution in [2.24, 2.45) is 5.73 Å². The lowest BCUT2D eigenvalue weighted by Crippen LogP contribution is -2.14. The monoisotopic (exact) mass is 383 g/mol. The van der Waals surface area contributed by atoms with Crippen molar-refractivity contribution < 1.29 is 14.2 Å². The summed E-state index contributed by atoms with van der Waals surface area (Å²) in [4.78, 5) is 4.50. The summed E-state index contributed by atoms with van der Waals surface area (Å²) in [5.41, 5.74) is 8.12. The van der Waals surface area contributed by atoms with Crippen molar-refractivity contribution in [3.8, 4) is 17.2 Å². The molecule has 0 fully saturated rings. The Labute approximate surface area is 164 Å². The molecule has 0 amide bonds. The van der Waals surface area contributed by atoms with Crippen LogP contribution in [0.5, 0.6) is 17.2 Å². The van der Waals surface area contributed by atoms with Gasteiger partial charge in [-0.2, -0.15) is 5.10 Å². The first-order valence-corrected chi connectivity index (χ1v) is 9.00. The molecule has 148 valence electrons. The van der Waals surface area contributed by atoms with Crippen molar-refractivity contribution in [3.63, 3.8) is 0 Å². The fourth-order valence-corrected chi connectivity index (χ4v) is 2.75. The quantitative estimate of drug-likeness (QED) is 0.521. The molecular formula is C20H25N5O3. The van der Waals surface area contributed by atoms with E-state index in [4.69, 9.17) is 19.9 Å².